The predicted octanol–water partition coefficient (Wildman–Crippen LogP) is 4.07. The van der Waals surface area contributed by atoms with Crippen molar-refractivity contribution >= 4 is 5.91 Å². The van der Waals surface area contributed by atoms with Gasteiger partial charge >= 0.3 is 0 Å². The summed E-state index contributed by atoms with van der Waals surface area (Å²) >= 11 is 0. The molecule has 2 fully saturated rings. The van der Waals surface area contributed by atoms with Crippen LogP contribution in [0.5, 0.6) is 5.75 Å². The van der Waals surface area contributed by atoms with Crippen LogP contribution in [0.25, 0.3) is 0 Å². The average Bonchev–Trinajstić information content (AvgIpc) is 2.76. The van der Waals surface area contributed by atoms with Gasteiger partial charge in [0.1, 0.15) is 11.4 Å². The van der Waals surface area contributed by atoms with E-state index in [2.05, 4.69) is 41.8 Å². The van der Waals surface area contributed by atoms with E-state index in [1.54, 1.807) is 7.11 Å². The minimum absolute atomic E-state index is 0.103. The fraction of sp³-hybridized carbons (Fsp3) is 0.731. The van der Waals surface area contributed by atoms with Gasteiger partial charge in [-0.25, -0.2) is 0 Å². The Hall–Kier alpha value is -1.59. The van der Waals surface area contributed by atoms with Gasteiger partial charge < -0.3 is 19.3 Å². The van der Waals surface area contributed by atoms with Crippen molar-refractivity contribution in [2.45, 2.75) is 76.9 Å². The normalized spacial score (nSPS) is 25.3. The molecule has 2 saturated heterocycles. The molecule has 2 unspecified atom stereocenters. The Labute approximate surface area is 188 Å². The molecule has 0 N–H and O–H groups in total. The van der Waals surface area contributed by atoms with Crippen LogP contribution in [0.15, 0.2) is 18.2 Å². The maximum Gasteiger partial charge on any atom is 0.227 e. The highest BCUT2D eigenvalue weighted by Crippen LogP contribution is 2.34. The van der Waals surface area contributed by atoms with E-state index < -0.39 is 0 Å². The standard InChI is InChI=1S/C26H40N2O3/c1-26(2)12-11-21-17-20(9-10-24(21)31-26)18-25(29)28(15-16-30-3)19-22-7-6-14-27-13-5-4-8-23(22)27/h9-10,17,22-23H,4-8,11-16,18-19H2,1-3H3. The van der Waals surface area contributed by atoms with Crippen molar-refractivity contribution in [3.63, 3.8) is 0 Å². The third kappa shape index (κ3) is 5.61. The van der Waals surface area contributed by atoms with E-state index in [1.807, 2.05) is 0 Å². The summed E-state index contributed by atoms with van der Waals surface area (Å²) in [7, 11) is 1.72. The van der Waals surface area contributed by atoms with E-state index in [4.69, 9.17) is 9.47 Å². The minimum atomic E-state index is -0.103. The lowest BCUT2D eigenvalue weighted by Crippen LogP contribution is -2.52. The molecule has 4 rings (SSSR count). The molecule has 0 saturated carbocycles. The van der Waals surface area contributed by atoms with Gasteiger partial charge in [0.2, 0.25) is 5.91 Å². The van der Waals surface area contributed by atoms with E-state index in [9.17, 15) is 4.79 Å². The Balaban J connectivity index is 1.42. The zero-order valence-corrected chi connectivity index (χ0v) is 19.7. The Kier molecular flexibility index (Phi) is 7.22. The number of fused-ring (bicyclic) bond motifs is 2. The summed E-state index contributed by atoms with van der Waals surface area (Å²) in [6.45, 7) is 8.90. The van der Waals surface area contributed by atoms with E-state index in [-0.39, 0.29) is 11.5 Å². The first-order valence-corrected chi connectivity index (χ1v) is 12.3. The summed E-state index contributed by atoms with van der Waals surface area (Å²) in [4.78, 5) is 18.1. The van der Waals surface area contributed by atoms with Crippen molar-refractivity contribution < 1.29 is 14.3 Å². The van der Waals surface area contributed by atoms with Crippen LogP contribution in [-0.4, -0.2) is 67.2 Å². The monoisotopic (exact) mass is 428 g/mol. The molecule has 31 heavy (non-hydrogen) atoms. The first kappa shape index (κ1) is 22.6. The zero-order chi connectivity index (χ0) is 21.8. The highest BCUT2D eigenvalue weighted by atomic mass is 16.5. The second kappa shape index (κ2) is 9.91. The molecule has 0 bridgehead atoms. The highest BCUT2D eigenvalue weighted by Gasteiger charge is 2.34. The predicted molar refractivity (Wildman–Crippen MR) is 124 cm³/mol. The van der Waals surface area contributed by atoms with Crippen LogP contribution in [0.3, 0.4) is 0 Å². The lowest BCUT2D eigenvalue weighted by Gasteiger charge is -2.45. The molecule has 5 heteroatoms. The lowest BCUT2D eigenvalue weighted by atomic mass is 9.83. The van der Waals surface area contributed by atoms with Gasteiger partial charge in [-0.1, -0.05) is 18.6 Å². The number of hydrogen-bond donors (Lipinski definition) is 0. The van der Waals surface area contributed by atoms with Crippen LogP contribution in [0, 0.1) is 5.92 Å². The number of carbonyl (C=O) groups excluding carboxylic acids is 1. The van der Waals surface area contributed by atoms with Crippen LogP contribution in [0.4, 0.5) is 0 Å². The number of ether oxygens (including phenoxy) is 2. The molecule has 2 atom stereocenters. The van der Waals surface area contributed by atoms with Gasteiger partial charge in [0.15, 0.2) is 0 Å². The Morgan fingerprint density at radius 3 is 2.90 bits per heavy atom. The van der Waals surface area contributed by atoms with Gasteiger partial charge in [0.25, 0.3) is 0 Å². The van der Waals surface area contributed by atoms with E-state index >= 15 is 0 Å². The molecule has 0 aliphatic carbocycles. The van der Waals surface area contributed by atoms with Crippen molar-refractivity contribution in [1.29, 1.82) is 0 Å². The van der Waals surface area contributed by atoms with Gasteiger partial charge in [-0.15, -0.1) is 0 Å². The van der Waals surface area contributed by atoms with Crippen molar-refractivity contribution in [2.24, 2.45) is 5.92 Å². The number of nitrogens with zero attached hydrogens (tertiary/aromatic N) is 2. The molecule has 3 heterocycles. The molecule has 1 aromatic carbocycles. The second-order valence-corrected chi connectivity index (χ2v) is 10.3. The number of methoxy groups -OCH3 is 1. The third-order valence-electron chi connectivity index (χ3n) is 7.46. The molecular weight excluding hydrogens is 388 g/mol. The first-order chi connectivity index (χ1) is 14.9. The SMILES string of the molecule is COCCN(CC1CCCN2CCCCC12)C(=O)Cc1ccc2c(c1)CCC(C)(C)O2. The Morgan fingerprint density at radius 1 is 1.23 bits per heavy atom. The van der Waals surface area contributed by atoms with Crippen LogP contribution in [0.2, 0.25) is 0 Å². The zero-order valence-electron chi connectivity index (χ0n) is 19.7. The van der Waals surface area contributed by atoms with E-state index in [1.165, 1.54) is 50.8 Å². The Bertz CT molecular complexity index is 761. The van der Waals surface area contributed by atoms with Crippen molar-refractivity contribution in [3.05, 3.63) is 29.3 Å². The first-order valence-electron chi connectivity index (χ1n) is 12.3. The summed E-state index contributed by atoms with van der Waals surface area (Å²) in [5.41, 5.74) is 2.23. The number of benzene rings is 1. The molecule has 172 valence electrons. The summed E-state index contributed by atoms with van der Waals surface area (Å²) in [5.74, 6) is 1.79. The fourth-order valence-corrected chi connectivity index (χ4v) is 5.70. The average molecular weight is 429 g/mol. The van der Waals surface area contributed by atoms with Crippen molar-refractivity contribution in [1.82, 2.24) is 9.80 Å². The van der Waals surface area contributed by atoms with Crippen LogP contribution < -0.4 is 4.74 Å². The Morgan fingerprint density at radius 2 is 2.06 bits per heavy atom. The molecule has 3 aliphatic rings. The number of aryl methyl sites for hydroxylation is 1. The van der Waals surface area contributed by atoms with Crippen molar-refractivity contribution in [3.8, 4) is 5.75 Å². The molecular formula is C26H40N2O3. The van der Waals surface area contributed by atoms with Crippen LogP contribution in [0.1, 0.15) is 63.5 Å². The number of piperidine rings is 2. The maximum atomic E-state index is 13.3. The molecule has 3 aliphatic heterocycles. The largest absolute Gasteiger partial charge is 0.488 e. The minimum Gasteiger partial charge on any atom is -0.488 e. The molecule has 1 aromatic rings. The summed E-state index contributed by atoms with van der Waals surface area (Å²) < 4.78 is 11.5. The number of rotatable bonds is 7. The van der Waals surface area contributed by atoms with Crippen molar-refractivity contribution in [2.75, 3.05) is 39.9 Å². The number of amides is 1. The van der Waals surface area contributed by atoms with Gasteiger partial charge in [0.05, 0.1) is 13.0 Å². The third-order valence-corrected chi connectivity index (χ3v) is 7.46. The maximum absolute atomic E-state index is 13.3. The van der Waals surface area contributed by atoms with Gasteiger partial charge in [0, 0.05) is 26.2 Å². The van der Waals surface area contributed by atoms with Gasteiger partial charge in [-0.3, -0.25) is 4.79 Å². The van der Waals surface area contributed by atoms with Crippen LogP contribution in [-0.2, 0) is 22.4 Å². The van der Waals surface area contributed by atoms with Crippen LogP contribution >= 0.6 is 0 Å². The summed E-state index contributed by atoms with van der Waals surface area (Å²) in [5, 5.41) is 0. The smallest absolute Gasteiger partial charge is 0.227 e. The second-order valence-electron chi connectivity index (χ2n) is 10.3. The lowest BCUT2D eigenvalue weighted by molar-refractivity contribution is -0.132. The van der Waals surface area contributed by atoms with E-state index in [0.717, 1.165) is 30.7 Å². The molecule has 0 aromatic heterocycles. The van der Waals surface area contributed by atoms with Gasteiger partial charge in [-0.2, -0.15) is 0 Å². The molecule has 1 amide bonds. The quantitative estimate of drug-likeness (QED) is 0.656. The molecule has 0 radical (unpaired) electrons. The topological polar surface area (TPSA) is 42.0 Å². The molecule has 0 spiro atoms. The van der Waals surface area contributed by atoms with Gasteiger partial charge in [-0.05, 0) is 88.6 Å². The summed E-state index contributed by atoms with van der Waals surface area (Å²) in [6.07, 6.45) is 8.93. The molecule has 5 nitrogen and oxygen atoms in total. The number of hydrogen-bond acceptors (Lipinski definition) is 4. The number of carbonyl (C=O) groups is 1. The highest BCUT2D eigenvalue weighted by molar-refractivity contribution is 5.79. The van der Waals surface area contributed by atoms with E-state index in [0.29, 0.717) is 31.5 Å². The fourth-order valence-electron chi connectivity index (χ4n) is 5.70. The summed E-state index contributed by atoms with van der Waals surface area (Å²) in [6, 6.07) is 6.96.